The summed E-state index contributed by atoms with van der Waals surface area (Å²) >= 11 is 0. The quantitative estimate of drug-likeness (QED) is 0.833. The van der Waals surface area contributed by atoms with E-state index >= 15 is 0 Å². The first kappa shape index (κ1) is 14.0. The molecule has 0 radical (unpaired) electrons. The second-order valence-corrected chi connectivity index (χ2v) is 6.85. The van der Waals surface area contributed by atoms with Crippen LogP contribution in [0.25, 0.3) is 0 Å². The topological polar surface area (TPSA) is 66.5 Å². The Bertz CT molecular complexity index is 408. The van der Waals surface area contributed by atoms with E-state index in [4.69, 9.17) is 0 Å². The van der Waals surface area contributed by atoms with E-state index in [1.54, 1.807) is 6.92 Å². The summed E-state index contributed by atoms with van der Waals surface area (Å²) in [5.41, 5.74) is 0. The maximum absolute atomic E-state index is 12.2. The Morgan fingerprint density at radius 1 is 1.28 bits per heavy atom. The summed E-state index contributed by atoms with van der Waals surface area (Å²) in [7, 11) is -3.41. The first-order valence-electron chi connectivity index (χ1n) is 6.85. The molecule has 0 amide bonds. The minimum absolute atomic E-state index is 0.0706. The van der Waals surface area contributed by atoms with Crippen molar-refractivity contribution in [3.8, 4) is 0 Å². The van der Waals surface area contributed by atoms with Gasteiger partial charge in [0.1, 0.15) is 5.78 Å². The van der Waals surface area contributed by atoms with Crippen LogP contribution in [0.3, 0.4) is 0 Å². The summed E-state index contributed by atoms with van der Waals surface area (Å²) in [6, 6.07) is -0.113. The number of hydrogen-bond acceptors (Lipinski definition) is 3. The van der Waals surface area contributed by atoms with Crippen LogP contribution >= 0.6 is 0 Å². The number of piperidine rings is 1. The van der Waals surface area contributed by atoms with Gasteiger partial charge in [0.25, 0.3) is 10.2 Å². The lowest BCUT2D eigenvalue weighted by atomic mass is 9.90. The summed E-state index contributed by atoms with van der Waals surface area (Å²) in [5.74, 6) is 0.178. The van der Waals surface area contributed by atoms with Crippen molar-refractivity contribution in [1.29, 1.82) is 0 Å². The normalized spacial score (nSPS) is 30.8. The van der Waals surface area contributed by atoms with Gasteiger partial charge in [-0.1, -0.05) is 13.3 Å². The molecule has 1 aliphatic heterocycles. The van der Waals surface area contributed by atoms with Crippen molar-refractivity contribution in [2.75, 3.05) is 13.1 Å². The van der Waals surface area contributed by atoms with Crippen LogP contribution in [0.1, 0.15) is 45.4 Å². The Labute approximate surface area is 109 Å². The molecule has 18 heavy (non-hydrogen) atoms. The molecule has 1 N–H and O–H groups in total. The zero-order chi connectivity index (χ0) is 13.2. The fourth-order valence-electron chi connectivity index (χ4n) is 3.15. The van der Waals surface area contributed by atoms with Gasteiger partial charge in [0.05, 0.1) is 0 Å². The molecule has 1 aliphatic carbocycles. The zero-order valence-corrected chi connectivity index (χ0v) is 11.7. The van der Waals surface area contributed by atoms with Crippen molar-refractivity contribution in [2.24, 2.45) is 5.92 Å². The molecule has 1 saturated heterocycles. The average molecular weight is 274 g/mol. The third-order valence-corrected chi connectivity index (χ3v) is 5.67. The standard InChI is InChI=1S/C12H22N2O3S/c1-2-13-18(16,17)14-9-4-3-7-11(14)10-6-5-8-12(10)15/h10-11,13H,2-9H2,1H3. The Morgan fingerprint density at radius 2 is 2.06 bits per heavy atom. The molecule has 0 aromatic carbocycles. The molecule has 0 aromatic rings. The molecule has 2 aliphatic rings. The monoisotopic (exact) mass is 274 g/mol. The van der Waals surface area contributed by atoms with Crippen LogP contribution in [0.4, 0.5) is 0 Å². The number of Topliss-reactive ketones (excluding diaryl/α,β-unsaturated/α-hetero) is 1. The van der Waals surface area contributed by atoms with Crippen molar-refractivity contribution in [1.82, 2.24) is 9.03 Å². The molecule has 6 heteroatoms. The van der Waals surface area contributed by atoms with Crippen LogP contribution in [0, 0.1) is 5.92 Å². The van der Waals surface area contributed by atoms with Crippen LogP contribution in [0.5, 0.6) is 0 Å². The molecule has 2 atom stereocenters. The number of hydrogen-bond donors (Lipinski definition) is 1. The number of nitrogens with one attached hydrogen (secondary N) is 1. The molecule has 0 aromatic heterocycles. The first-order valence-corrected chi connectivity index (χ1v) is 8.29. The van der Waals surface area contributed by atoms with E-state index < -0.39 is 10.2 Å². The fraction of sp³-hybridized carbons (Fsp3) is 0.917. The van der Waals surface area contributed by atoms with E-state index in [1.807, 2.05) is 0 Å². The number of carbonyl (C=O) groups is 1. The van der Waals surface area contributed by atoms with Gasteiger partial charge in [0.15, 0.2) is 0 Å². The molecule has 0 spiro atoms. The Balaban J connectivity index is 2.18. The van der Waals surface area contributed by atoms with Gasteiger partial charge in [-0.15, -0.1) is 0 Å². The maximum Gasteiger partial charge on any atom is 0.279 e. The van der Waals surface area contributed by atoms with Crippen molar-refractivity contribution >= 4 is 16.0 Å². The predicted octanol–water partition coefficient (Wildman–Crippen LogP) is 1.06. The van der Waals surface area contributed by atoms with Crippen LogP contribution < -0.4 is 4.72 Å². The molecule has 2 fully saturated rings. The van der Waals surface area contributed by atoms with E-state index in [0.717, 1.165) is 32.1 Å². The number of ketones is 1. The van der Waals surface area contributed by atoms with E-state index in [9.17, 15) is 13.2 Å². The molecule has 2 unspecified atom stereocenters. The highest BCUT2D eigenvalue weighted by Gasteiger charge is 2.41. The molecule has 104 valence electrons. The van der Waals surface area contributed by atoms with Crippen molar-refractivity contribution in [2.45, 2.75) is 51.5 Å². The van der Waals surface area contributed by atoms with Gasteiger partial charge in [-0.2, -0.15) is 12.7 Å². The van der Waals surface area contributed by atoms with Gasteiger partial charge < -0.3 is 0 Å². The largest absolute Gasteiger partial charge is 0.299 e. The van der Waals surface area contributed by atoms with Gasteiger partial charge in [-0.3, -0.25) is 4.79 Å². The summed E-state index contributed by atoms with van der Waals surface area (Å²) in [6.07, 6.45) is 5.11. The second-order valence-electron chi connectivity index (χ2n) is 5.14. The average Bonchev–Trinajstić information content (AvgIpc) is 2.75. The Kier molecular flexibility index (Phi) is 4.40. The minimum Gasteiger partial charge on any atom is -0.299 e. The molecular weight excluding hydrogens is 252 g/mol. The lowest BCUT2D eigenvalue weighted by molar-refractivity contribution is -0.122. The van der Waals surface area contributed by atoms with Crippen LogP contribution in [-0.2, 0) is 15.0 Å². The van der Waals surface area contributed by atoms with Gasteiger partial charge in [0.2, 0.25) is 0 Å². The van der Waals surface area contributed by atoms with Crippen LogP contribution in [0.15, 0.2) is 0 Å². The Morgan fingerprint density at radius 3 is 2.67 bits per heavy atom. The van der Waals surface area contributed by atoms with Gasteiger partial charge in [-0.25, -0.2) is 4.72 Å². The van der Waals surface area contributed by atoms with Gasteiger partial charge in [-0.05, 0) is 25.7 Å². The van der Waals surface area contributed by atoms with E-state index in [-0.39, 0.29) is 17.7 Å². The lowest BCUT2D eigenvalue weighted by Gasteiger charge is -2.37. The summed E-state index contributed by atoms with van der Waals surface area (Å²) in [4.78, 5) is 11.9. The molecular formula is C12H22N2O3S. The van der Waals surface area contributed by atoms with Crippen molar-refractivity contribution in [3.63, 3.8) is 0 Å². The van der Waals surface area contributed by atoms with Crippen LogP contribution in [-0.4, -0.2) is 37.6 Å². The summed E-state index contributed by atoms with van der Waals surface area (Å²) < 4.78 is 28.4. The summed E-state index contributed by atoms with van der Waals surface area (Å²) in [6.45, 7) is 2.71. The minimum atomic E-state index is -3.41. The highest BCUT2D eigenvalue weighted by molar-refractivity contribution is 7.87. The Hall–Kier alpha value is -0.460. The number of rotatable bonds is 4. The van der Waals surface area contributed by atoms with Crippen molar-refractivity contribution in [3.05, 3.63) is 0 Å². The molecule has 1 saturated carbocycles. The highest BCUT2D eigenvalue weighted by Crippen LogP contribution is 2.33. The third kappa shape index (κ3) is 2.75. The second kappa shape index (κ2) is 5.67. The number of nitrogens with zero attached hydrogens (tertiary/aromatic N) is 1. The van der Waals surface area contributed by atoms with Crippen molar-refractivity contribution < 1.29 is 13.2 Å². The van der Waals surface area contributed by atoms with E-state index in [1.165, 1.54) is 4.31 Å². The van der Waals surface area contributed by atoms with E-state index in [2.05, 4.69) is 4.72 Å². The molecule has 1 heterocycles. The predicted molar refractivity (Wildman–Crippen MR) is 69.3 cm³/mol. The lowest BCUT2D eigenvalue weighted by Crippen LogP contribution is -2.52. The smallest absolute Gasteiger partial charge is 0.279 e. The SMILES string of the molecule is CCNS(=O)(=O)N1CCCCC1C1CCCC1=O. The highest BCUT2D eigenvalue weighted by atomic mass is 32.2. The fourth-order valence-corrected chi connectivity index (χ4v) is 4.66. The third-order valence-electron chi connectivity index (χ3n) is 3.95. The molecule has 5 nitrogen and oxygen atoms in total. The van der Waals surface area contributed by atoms with E-state index in [0.29, 0.717) is 19.5 Å². The number of carbonyl (C=O) groups excluding carboxylic acids is 1. The molecule has 2 rings (SSSR count). The zero-order valence-electron chi connectivity index (χ0n) is 10.9. The molecule has 0 bridgehead atoms. The van der Waals surface area contributed by atoms with Gasteiger partial charge >= 0.3 is 0 Å². The van der Waals surface area contributed by atoms with Crippen LogP contribution in [0.2, 0.25) is 0 Å². The summed E-state index contributed by atoms with van der Waals surface area (Å²) in [5, 5.41) is 0. The maximum atomic E-state index is 12.2. The van der Waals surface area contributed by atoms with Gasteiger partial charge in [0, 0.05) is 31.5 Å². The first-order chi connectivity index (χ1) is 8.56.